The number of benzene rings is 1. The molecule has 3 rings (SSSR count). The van der Waals surface area contributed by atoms with Gasteiger partial charge in [0.05, 0.1) is 12.7 Å². The number of aliphatic hydroxyl groups is 1. The van der Waals surface area contributed by atoms with Crippen molar-refractivity contribution in [2.24, 2.45) is 0 Å². The fraction of sp³-hybridized carbons (Fsp3) is 0.400. The highest BCUT2D eigenvalue weighted by atomic mass is 32.1. The molecule has 4 nitrogen and oxygen atoms in total. The van der Waals surface area contributed by atoms with Crippen LogP contribution >= 0.6 is 11.3 Å². The van der Waals surface area contributed by atoms with Crippen LogP contribution in [0, 0.1) is 0 Å². The lowest BCUT2D eigenvalue weighted by Gasteiger charge is -2.33. The molecule has 106 valence electrons. The van der Waals surface area contributed by atoms with Crippen LogP contribution in [0.1, 0.15) is 22.8 Å². The standard InChI is InChI=1S/C15H18N2O2S/c18-13(12-4-2-1-3-5-12)10-17-7-8-19-14(11-17)15-16-6-9-20-15/h1-6,9,13-14,18H,7-8,10-11H2/t13-,14-/m0/s1. The highest BCUT2D eigenvalue weighted by molar-refractivity contribution is 7.09. The van der Waals surface area contributed by atoms with Crippen LogP contribution in [0.2, 0.25) is 0 Å². The first-order valence-corrected chi connectivity index (χ1v) is 7.67. The summed E-state index contributed by atoms with van der Waals surface area (Å²) in [6, 6.07) is 9.79. The Balaban J connectivity index is 1.60. The molecule has 2 heterocycles. The fourth-order valence-corrected chi connectivity index (χ4v) is 3.11. The van der Waals surface area contributed by atoms with Crippen molar-refractivity contribution in [2.45, 2.75) is 12.2 Å². The molecule has 2 atom stereocenters. The maximum absolute atomic E-state index is 10.3. The molecule has 0 unspecified atom stereocenters. The highest BCUT2D eigenvalue weighted by Crippen LogP contribution is 2.25. The molecule has 1 aromatic heterocycles. The number of nitrogens with zero attached hydrogens (tertiary/aromatic N) is 2. The van der Waals surface area contributed by atoms with Crippen molar-refractivity contribution in [2.75, 3.05) is 26.2 Å². The summed E-state index contributed by atoms with van der Waals surface area (Å²) in [5, 5.41) is 13.3. The summed E-state index contributed by atoms with van der Waals surface area (Å²) < 4.78 is 5.76. The second-order valence-corrected chi connectivity index (χ2v) is 5.84. The Morgan fingerprint density at radius 1 is 1.40 bits per heavy atom. The number of ether oxygens (including phenoxy) is 1. The first-order valence-electron chi connectivity index (χ1n) is 6.79. The van der Waals surface area contributed by atoms with E-state index in [1.807, 2.05) is 35.7 Å². The van der Waals surface area contributed by atoms with E-state index in [1.54, 1.807) is 17.5 Å². The SMILES string of the molecule is O[C@@H](CN1CCO[C@H](c2nccs2)C1)c1ccccc1. The summed E-state index contributed by atoms with van der Waals surface area (Å²) in [6.07, 6.45) is 1.39. The Labute approximate surface area is 122 Å². The van der Waals surface area contributed by atoms with Gasteiger partial charge in [0.2, 0.25) is 0 Å². The summed E-state index contributed by atoms with van der Waals surface area (Å²) in [5.41, 5.74) is 0.963. The van der Waals surface area contributed by atoms with E-state index in [9.17, 15) is 5.11 Å². The largest absolute Gasteiger partial charge is 0.387 e. The molecule has 0 amide bonds. The molecule has 0 saturated carbocycles. The second kappa shape index (κ2) is 6.45. The number of thiazole rings is 1. The molecule has 1 fully saturated rings. The summed E-state index contributed by atoms with van der Waals surface area (Å²) in [5.74, 6) is 0. The van der Waals surface area contributed by atoms with E-state index in [2.05, 4.69) is 9.88 Å². The minimum absolute atomic E-state index is 0.0340. The lowest BCUT2D eigenvalue weighted by atomic mass is 10.1. The topological polar surface area (TPSA) is 45.6 Å². The van der Waals surface area contributed by atoms with E-state index < -0.39 is 6.10 Å². The number of morpholine rings is 1. The van der Waals surface area contributed by atoms with Crippen molar-refractivity contribution in [1.29, 1.82) is 0 Å². The smallest absolute Gasteiger partial charge is 0.123 e. The number of aromatic nitrogens is 1. The van der Waals surface area contributed by atoms with Gasteiger partial charge in [-0.05, 0) is 5.56 Å². The Hall–Kier alpha value is -1.27. The molecule has 0 aliphatic carbocycles. The number of β-amino-alcohol motifs (C(OH)–C–C–N with tert-alkyl or cyclic N) is 1. The minimum atomic E-state index is -0.453. The average Bonchev–Trinajstić information content (AvgIpc) is 3.03. The van der Waals surface area contributed by atoms with Crippen molar-refractivity contribution >= 4 is 11.3 Å². The predicted molar refractivity (Wildman–Crippen MR) is 78.6 cm³/mol. The molecule has 1 saturated heterocycles. The fourth-order valence-electron chi connectivity index (χ4n) is 2.44. The molecule has 1 aliphatic rings. The highest BCUT2D eigenvalue weighted by Gasteiger charge is 2.25. The molecule has 0 bridgehead atoms. The maximum Gasteiger partial charge on any atom is 0.123 e. The van der Waals surface area contributed by atoms with Crippen LogP contribution in [0.5, 0.6) is 0 Å². The van der Waals surface area contributed by atoms with Gasteiger partial charge in [0, 0.05) is 31.2 Å². The summed E-state index contributed by atoms with van der Waals surface area (Å²) in [7, 11) is 0. The summed E-state index contributed by atoms with van der Waals surface area (Å²) in [6.45, 7) is 2.96. The monoisotopic (exact) mass is 290 g/mol. The number of rotatable bonds is 4. The van der Waals surface area contributed by atoms with Crippen molar-refractivity contribution in [3.63, 3.8) is 0 Å². The summed E-state index contributed by atoms with van der Waals surface area (Å²) >= 11 is 1.62. The molecule has 1 aromatic carbocycles. The van der Waals surface area contributed by atoms with Crippen LogP contribution in [-0.4, -0.2) is 41.2 Å². The predicted octanol–water partition coefficient (Wildman–Crippen LogP) is 2.25. The Morgan fingerprint density at radius 3 is 3.00 bits per heavy atom. The zero-order chi connectivity index (χ0) is 13.8. The number of hydrogen-bond donors (Lipinski definition) is 1. The van der Waals surface area contributed by atoms with Crippen LogP contribution in [0.3, 0.4) is 0 Å². The molecule has 1 aliphatic heterocycles. The van der Waals surface area contributed by atoms with Crippen LogP contribution in [0.25, 0.3) is 0 Å². The van der Waals surface area contributed by atoms with E-state index in [1.165, 1.54) is 0 Å². The van der Waals surface area contributed by atoms with E-state index in [-0.39, 0.29) is 6.10 Å². The molecule has 5 heteroatoms. The Morgan fingerprint density at radius 2 is 2.25 bits per heavy atom. The van der Waals surface area contributed by atoms with Gasteiger partial charge in [0.1, 0.15) is 11.1 Å². The number of aliphatic hydroxyl groups excluding tert-OH is 1. The Kier molecular flexibility index (Phi) is 4.42. The van der Waals surface area contributed by atoms with Gasteiger partial charge in [-0.25, -0.2) is 4.98 Å². The van der Waals surface area contributed by atoms with E-state index in [0.717, 1.165) is 23.7 Å². The van der Waals surface area contributed by atoms with E-state index >= 15 is 0 Å². The van der Waals surface area contributed by atoms with E-state index in [0.29, 0.717) is 13.2 Å². The zero-order valence-electron chi connectivity index (χ0n) is 11.2. The van der Waals surface area contributed by atoms with Crippen molar-refractivity contribution in [3.8, 4) is 0 Å². The Bertz CT molecular complexity index is 518. The van der Waals surface area contributed by atoms with Gasteiger partial charge >= 0.3 is 0 Å². The zero-order valence-corrected chi connectivity index (χ0v) is 12.0. The maximum atomic E-state index is 10.3. The lowest BCUT2D eigenvalue weighted by molar-refractivity contribution is -0.0424. The van der Waals surface area contributed by atoms with Gasteiger partial charge in [-0.1, -0.05) is 30.3 Å². The van der Waals surface area contributed by atoms with Gasteiger partial charge in [-0.3, -0.25) is 4.90 Å². The third-order valence-electron chi connectivity index (χ3n) is 3.49. The third kappa shape index (κ3) is 3.24. The lowest BCUT2D eigenvalue weighted by Crippen LogP contribution is -2.40. The number of hydrogen-bond acceptors (Lipinski definition) is 5. The molecule has 20 heavy (non-hydrogen) atoms. The molecule has 1 N–H and O–H groups in total. The summed E-state index contributed by atoms with van der Waals surface area (Å²) in [4.78, 5) is 6.56. The van der Waals surface area contributed by atoms with Crippen LogP contribution in [0.4, 0.5) is 0 Å². The molecule has 0 radical (unpaired) electrons. The van der Waals surface area contributed by atoms with Gasteiger partial charge in [0.25, 0.3) is 0 Å². The normalized spacial score (nSPS) is 21.8. The average molecular weight is 290 g/mol. The second-order valence-electron chi connectivity index (χ2n) is 4.92. The first kappa shape index (κ1) is 13.7. The van der Waals surface area contributed by atoms with Crippen LogP contribution < -0.4 is 0 Å². The first-order chi connectivity index (χ1) is 9.83. The van der Waals surface area contributed by atoms with Gasteiger partial charge in [0.15, 0.2) is 0 Å². The van der Waals surface area contributed by atoms with Crippen LogP contribution in [-0.2, 0) is 4.74 Å². The van der Waals surface area contributed by atoms with Crippen LogP contribution in [0.15, 0.2) is 41.9 Å². The van der Waals surface area contributed by atoms with Gasteiger partial charge < -0.3 is 9.84 Å². The van der Waals surface area contributed by atoms with Crippen molar-refractivity contribution in [3.05, 3.63) is 52.5 Å². The van der Waals surface area contributed by atoms with E-state index in [4.69, 9.17) is 4.74 Å². The molecular formula is C15H18N2O2S. The molecule has 0 spiro atoms. The van der Waals surface area contributed by atoms with Crippen molar-refractivity contribution in [1.82, 2.24) is 9.88 Å². The minimum Gasteiger partial charge on any atom is -0.387 e. The quantitative estimate of drug-likeness (QED) is 0.938. The third-order valence-corrected chi connectivity index (χ3v) is 4.36. The molecule has 2 aromatic rings. The van der Waals surface area contributed by atoms with Crippen molar-refractivity contribution < 1.29 is 9.84 Å². The van der Waals surface area contributed by atoms with Gasteiger partial charge in [-0.15, -0.1) is 11.3 Å². The molecular weight excluding hydrogens is 272 g/mol. The van der Waals surface area contributed by atoms with Gasteiger partial charge in [-0.2, -0.15) is 0 Å².